The minimum absolute atomic E-state index is 0.914. The molecule has 0 saturated carbocycles. The zero-order valence-corrected chi connectivity index (χ0v) is 26.3. The second kappa shape index (κ2) is 9.06. The molecule has 8 aromatic carbocycles. The van der Waals surface area contributed by atoms with Gasteiger partial charge in [0.25, 0.3) is 0 Å². The highest BCUT2D eigenvalue weighted by molar-refractivity contribution is 6.33. The molecule has 0 N–H and O–H groups in total. The van der Waals surface area contributed by atoms with E-state index < -0.39 is 0 Å². The molecule has 0 spiro atoms. The quantitative estimate of drug-likeness (QED) is 0.188. The first kappa shape index (κ1) is 25.5. The third kappa shape index (κ3) is 3.17. The molecule has 0 unspecified atom stereocenters. The number of aromatic nitrogens is 2. The Kier molecular flexibility index (Phi) is 4.72. The van der Waals surface area contributed by atoms with Crippen molar-refractivity contribution in [2.45, 2.75) is 0 Å². The first-order chi connectivity index (χ1) is 24.3. The van der Waals surface area contributed by atoms with Gasteiger partial charge in [0, 0.05) is 43.7 Å². The summed E-state index contributed by atoms with van der Waals surface area (Å²) in [5.41, 5.74) is 14.1. The average Bonchev–Trinajstić information content (AvgIpc) is 3.89. The number of benzene rings is 8. The Labute approximate surface area is 280 Å². The van der Waals surface area contributed by atoms with Gasteiger partial charge in [-0.15, -0.1) is 0 Å². The Morgan fingerprint density at radius 3 is 1.96 bits per heavy atom. The van der Waals surface area contributed by atoms with Crippen molar-refractivity contribution in [3.63, 3.8) is 0 Å². The van der Waals surface area contributed by atoms with Crippen LogP contribution in [-0.4, -0.2) is 9.13 Å². The summed E-state index contributed by atoms with van der Waals surface area (Å²) in [6, 6.07) is 57.5. The summed E-state index contributed by atoms with van der Waals surface area (Å²) in [6.45, 7) is 0. The first-order valence-electron chi connectivity index (χ1n) is 16.9. The number of rotatable bonds is 2. The number of para-hydroxylation sites is 3. The molecular formula is C46H26N2O. The van der Waals surface area contributed by atoms with Gasteiger partial charge in [-0.3, -0.25) is 0 Å². The Morgan fingerprint density at radius 1 is 0.347 bits per heavy atom. The van der Waals surface area contributed by atoms with Gasteiger partial charge in [0.15, 0.2) is 0 Å². The van der Waals surface area contributed by atoms with E-state index in [2.05, 4.69) is 161 Å². The Hall–Kier alpha value is -6.58. The molecule has 11 aromatic rings. The molecule has 3 heteroatoms. The highest BCUT2D eigenvalue weighted by atomic mass is 16.3. The van der Waals surface area contributed by atoms with Crippen molar-refractivity contribution in [2.24, 2.45) is 0 Å². The molecule has 1 aliphatic carbocycles. The monoisotopic (exact) mass is 622 g/mol. The van der Waals surface area contributed by atoms with Gasteiger partial charge in [0.2, 0.25) is 0 Å². The predicted octanol–water partition coefficient (Wildman–Crippen LogP) is 12.6. The molecule has 0 fully saturated rings. The van der Waals surface area contributed by atoms with E-state index in [1.807, 2.05) is 6.07 Å². The van der Waals surface area contributed by atoms with Crippen LogP contribution in [-0.2, 0) is 0 Å². The Morgan fingerprint density at radius 2 is 1.08 bits per heavy atom. The van der Waals surface area contributed by atoms with E-state index in [1.165, 1.54) is 87.7 Å². The topological polar surface area (TPSA) is 23.0 Å². The molecule has 0 atom stereocenters. The number of fused-ring (bicyclic) bond motifs is 14. The third-order valence-electron chi connectivity index (χ3n) is 10.8. The molecule has 49 heavy (non-hydrogen) atoms. The summed E-state index contributed by atoms with van der Waals surface area (Å²) in [6.07, 6.45) is 0. The minimum Gasteiger partial charge on any atom is -0.456 e. The van der Waals surface area contributed by atoms with Gasteiger partial charge in [0.05, 0.1) is 22.1 Å². The highest BCUT2D eigenvalue weighted by Crippen LogP contribution is 2.49. The molecule has 0 bridgehead atoms. The summed E-state index contributed by atoms with van der Waals surface area (Å²) >= 11 is 0. The van der Waals surface area contributed by atoms with Crippen LogP contribution < -0.4 is 0 Å². The molecule has 12 rings (SSSR count). The van der Waals surface area contributed by atoms with Crippen molar-refractivity contribution in [3.05, 3.63) is 158 Å². The predicted molar refractivity (Wildman–Crippen MR) is 204 cm³/mol. The van der Waals surface area contributed by atoms with Gasteiger partial charge in [-0.25, -0.2) is 0 Å². The zero-order chi connectivity index (χ0) is 31.8. The van der Waals surface area contributed by atoms with Crippen molar-refractivity contribution >= 4 is 76.3 Å². The van der Waals surface area contributed by atoms with E-state index in [4.69, 9.17) is 4.42 Å². The van der Waals surface area contributed by atoms with Crippen molar-refractivity contribution in [3.8, 4) is 33.6 Å². The fraction of sp³-hybridized carbons (Fsp3) is 0. The standard InChI is InChI=1S/C46H26N2O/c1-2-12-28(13-3-1)48-38-24-25-41-45(34-15-5-7-19-40(34)49-41)43(38)35-22-23-39-44(46(35)48)33-14-4-6-18-37(33)47(39)29-20-21-30-31-16-8-10-27-11-9-17-32(42(27)31)36(30)26-29/h1-26H. The maximum Gasteiger partial charge on any atom is 0.136 e. The third-order valence-corrected chi connectivity index (χ3v) is 10.8. The average molecular weight is 623 g/mol. The number of furan rings is 1. The highest BCUT2D eigenvalue weighted by Gasteiger charge is 2.25. The van der Waals surface area contributed by atoms with Gasteiger partial charge in [-0.1, -0.05) is 103 Å². The molecule has 226 valence electrons. The van der Waals surface area contributed by atoms with Crippen LogP contribution in [0.4, 0.5) is 0 Å². The lowest BCUT2D eigenvalue weighted by Gasteiger charge is -2.12. The molecule has 0 amide bonds. The number of hydrogen-bond donors (Lipinski definition) is 0. The maximum absolute atomic E-state index is 6.41. The van der Waals surface area contributed by atoms with E-state index in [9.17, 15) is 0 Å². The zero-order valence-electron chi connectivity index (χ0n) is 26.3. The molecule has 3 aromatic heterocycles. The molecule has 3 nitrogen and oxygen atoms in total. The number of nitrogens with zero attached hydrogens (tertiary/aromatic N) is 2. The van der Waals surface area contributed by atoms with Gasteiger partial charge in [-0.05, 0) is 87.6 Å². The fourth-order valence-corrected chi connectivity index (χ4v) is 8.90. The van der Waals surface area contributed by atoms with E-state index in [-0.39, 0.29) is 0 Å². The largest absolute Gasteiger partial charge is 0.456 e. The lowest BCUT2D eigenvalue weighted by atomic mass is 10.0. The van der Waals surface area contributed by atoms with Crippen LogP contribution in [0.2, 0.25) is 0 Å². The second-order valence-electron chi connectivity index (χ2n) is 13.2. The van der Waals surface area contributed by atoms with Crippen LogP contribution in [0.3, 0.4) is 0 Å². The normalized spacial score (nSPS) is 12.5. The van der Waals surface area contributed by atoms with Gasteiger partial charge >= 0.3 is 0 Å². The van der Waals surface area contributed by atoms with Crippen LogP contribution >= 0.6 is 0 Å². The SMILES string of the molecule is c1ccc(-n2c3ccc4oc5ccccc5c4c3c3ccc4c(c5ccccc5n4-c4ccc5c(c4)-c4cccc6cccc-5c46)c32)cc1. The summed E-state index contributed by atoms with van der Waals surface area (Å²) < 4.78 is 11.3. The van der Waals surface area contributed by atoms with Gasteiger partial charge in [0.1, 0.15) is 11.2 Å². The Balaban J connectivity index is 1.24. The molecule has 0 saturated heterocycles. The van der Waals surface area contributed by atoms with Crippen molar-refractivity contribution in [1.82, 2.24) is 9.13 Å². The Bertz CT molecular complexity index is 3200. The van der Waals surface area contributed by atoms with Gasteiger partial charge in [-0.2, -0.15) is 0 Å². The van der Waals surface area contributed by atoms with E-state index >= 15 is 0 Å². The molecule has 0 aliphatic heterocycles. The van der Waals surface area contributed by atoms with Crippen molar-refractivity contribution in [2.75, 3.05) is 0 Å². The fourth-order valence-electron chi connectivity index (χ4n) is 8.90. The van der Waals surface area contributed by atoms with Crippen LogP contribution in [0.15, 0.2) is 162 Å². The molecule has 1 aliphatic rings. The maximum atomic E-state index is 6.41. The van der Waals surface area contributed by atoms with E-state index in [0.717, 1.165) is 22.2 Å². The smallest absolute Gasteiger partial charge is 0.136 e. The van der Waals surface area contributed by atoms with Crippen LogP contribution in [0.5, 0.6) is 0 Å². The lowest BCUT2D eigenvalue weighted by molar-refractivity contribution is 0.669. The van der Waals surface area contributed by atoms with Crippen LogP contribution in [0.1, 0.15) is 0 Å². The molecular weight excluding hydrogens is 597 g/mol. The number of hydrogen-bond acceptors (Lipinski definition) is 1. The summed E-state index contributed by atoms with van der Waals surface area (Å²) in [7, 11) is 0. The van der Waals surface area contributed by atoms with Crippen LogP contribution in [0, 0.1) is 0 Å². The van der Waals surface area contributed by atoms with Gasteiger partial charge < -0.3 is 13.6 Å². The van der Waals surface area contributed by atoms with Crippen molar-refractivity contribution < 1.29 is 4.42 Å². The minimum atomic E-state index is 0.914. The summed E-state index contributed by atoms with van der Waals surface area (Å²) in [5, 5.41) is 9.90. The van der Waals surface area contributed by atoms with Crippen molar-refractivity contribution in [1.29, 1.82) is 0 Å². The molecule has 3 heterocycles. The van der Waals surface area contributed by atoms with Crippen LogP contribution in [0.25, 0.3) is 110 Å². The summed E-state index contributed by atoms with van der Waals surface area (Å²) in [5.74, 6) is 0. The second-order valence-corrected chi connectivity index (χ2v) is 13.2. The van der Waals surface area contributed by atoms with E-state index in [1.54, 1.807) is 0 Å². The van der Waals surface area contributed by atoms with E-state index in [0.29, 0.717) is 0 Å². The molecule has 0 radical (unpaired) electrons. The first-order valence-corrected chi connectivity index (χ1v) is 16.9. The lowest BCUT2D eigenvalue weighted by Crippen LogP contribution is -1.95. The summed E-state index contributed by atoms with van der Waals surface area (Å²) in [4.78, 5) is 0.